The summed E-state index contributed by atoms with van der Waals surface area (Å²) in [5, 5.41) is 16.5. The van der Waals surface area contributed by atoms with Gasteiger partial charge < -0.3 is 15.2 Å². The highest BCUT2D eigenvalue weighted by atomic mass is 16.5. The number of ether oxygens (including phenoxy) is 1. The lowest BCUT2D eigenvalue weighted by atomic mass is 10.1. The maximum atomic E-state index is 11.2. The molecule has 0 radical (unpaired) electrons. The number of rotatable bonds is 6. The molecular weight excluding hydrogens is 258 g/mol. The summed E-state index contributed by atoms with van der Waals surface area (Å²) in [5.74, 6) is -0.344. The van der Waals surface area contributed by atoms with Crippen molar-refractivity contribution >= 4 is 11.7 Å². The molecule has 6 nitrogen and oxygen atoms in total. The number of nitrogens with zero attached hydrogens (tertiary/aromatic N) is 2. The molecule has 1 aromatic heterocycles. The van der Waals surface area contributed by atoms with E-state index in [0.29, 0.717) is 18.0 Å². The molecule has 2 rings (SSSR count). The summed E-state index contributed by atoms with van der Waals surface area (Å²) in [6.07, 6.45) is 2.60. The summed E-state index contributed by atoms with van der Waals surface area (Å²) in [7, 11) is 3.41. The number of aryl methyl sites for hydroxylation is 1. The molecule has 0 atom stereocenters. The van der Waals surface area contributed by atoms with Crippen LogP contribution in [0.5, 0.6) is 5.75 Å². The maximum Gasteiger partial charge on any atom is 0.337 e. The van der Waals surface area contributed by atoms with E-state index in [1.54, 1.807) is 23.9 Å². The first kappa shape index (κ1) is 13.9. The monoisotopic (exact) mass is 275 g/mol. The Hall–Kier alpha value is -2.50. The lowest BCUT2D eigenvalue weighted by Crippen LogP contribution is -2.10. The van der Waals surface area contributed by atoms with E-state index in [1.807, 2.05) is 19.3 Å². The molecule has 0 fully saturated rings. The summed E-state index contributed by atoms with van der Waals surface area (Å²) < 4.78 is 6.85. The topological polar surface area (TPSA) is 76.4 Å². The van der Waals surface area contributed by atoms with Crippen molar-refractivity contribution in [3.8, 4) is 5.75 Å². The zero-order valence-corrected chi connectivity index (χ0v) is 11.5. The number of nitrogens with one attached hydrogen (secondary N) is 1. The van der Waals surface area contributed by atoms with Gasteiger partial charge in [-0.3, -0.25) is 4.68 Å². The van der Waals surface area contributed by atoms with Crippen LogP contribution in [0.15, 0.2) is 30.5 Å². The predicted octanol–water partition coefficient (Wildman–Crippen LogP) is 1.78. The van der Waals surface area contributed by atoms with Gasteiger partial charge in [0.15, 0.2) is 0 Å². The van der Waals surface area contributed by atoms with Crippen molar-refractivity contribution < 1.29 is 14.6 Å². The minimum atomic E-state index is -0.965. The number of aromatic carboxylic acids is 1. The Morgan fingerprint density at radius 2 is 2.25 bits per heavy atom. The highest BCUT2D eigenvalue weighted by molar-refractivity contribution is 5.94. The Kier molecular flexibility index (Phi) is 4.24. The minimum absolute atomic E-state index is 0.229. The average molecular weight is 275 g/mol. The molecule has 6 heteroatoms. The van der Waals surface area contributed by atoms with E-state index >= 15 is 0 Å². The predicted molar refractivity (Wildman–Crippen MR) is 75.4 cm³/mol. The first-order valence-electron chi connectivity index (χ1n) is 6.24. The molecule has 0 saturated carbocycles. The number of carboxylic acids is 1. The molecule has 1 heterocycles. The molecule has 0 bridgehead atoms. The van der Waals surface area contributed by atoms with Crippen molar-refractivity contribution in [3.05, 3.63) is 41.7 Å². The van der Waals surface area contributed by atoms with Crippen LogP contribution in [0, 0.1) is 0 Å². The van der Waals surface area contributed by atoms with E-state index in [1.165, 1.54) is 6.07 Å². The van der Waals surface area contributed by atoms with Crippen LogP contribution in [0.1, 0.15) is 16.1 Å². The Bertz CT molecular complexity index is 607. The van der Waals surface area contributed by atoms with Crippen molar-refractivity contribution in [2.24, 2.45) is 7.05 Å². The van der Waals surface area contributed by atoms with Crippen molar-refractivity contribution in [2.75, 3.05) is 19.0 Å². The smallest absolute Gasteiger partial charge is 0.337 e. The van der Waals surface area contributed by atoms with Crippen LogP contribution >= 0.6 is 0 Å². The normalized spacial score (nSPS) is 10.3. The second kappa shape index (κ2) is 6.10. The molecule has 0 unspecified atom stereocenters. The van der Waals surface area contributed by atoms with Crippen molar-refractivity contribution in [3.63, 3.8) is 0 Å². The fourth-order valence-electron chi connectivity index (χ4n) is 1.90. The third-order valence-electron chi connectivity index (χ3n) is 2.92. The van der Waals surface area contributed by atoms with Gasteiger partial charge in [-0.05, 0) is 18.2 Å². The van der Waals surface area contributed by atoms with E-state index < -0.39 is 5.97 Å². The third-order valence-corrected chi connectivity index (χ3v) is 2.92. The Morgan fingerprint density at radius 1 is 1.45 bits per heavy atom. The van der Waals surface area contributed by atoms with Crippen molar-refractivity contribution in [2.45, 2.75) is 6.42 Å². The SMILES string of the molecule is COc1ccc(C(=O)O)c(NCCc2ccn(C)n2)c1. The van der Waals surface area contributed by atoms with E-state index in [9.17, 15) is 4.79 Å². The van der Waals surface area contributed by atoms with E-state index in [2.05, 4.69) is 10.4 Å². The van der Waals surface area contributed by atoms with E-state index in [0.717, 1.165) is 12.1 Å². The second-order valence-electron chi connectivity index (χ2n) is 4.37. The van der Waals surface area contributed by atoms with Gasteiger partial charge in [0, 0.05) is 32.3 Å². The van der Waals surface area contributed by atoms with Crippen LogP contribution in [-0.4, -0.2) is 34.5 Å². The zero-order chi connectivity index (χ0) is 14.5. The largest absolute Gasteiger partial charge is 0.497 e. The highest BCUT2D eigenvalue weighted by Gasteiger charge is 2.10. The molecule has 0 aliphatic carbocycles. The Labute approximate surface area is 117 Å². The summed E-state index contributed by atoms with van der Waals surface area (Å²) in [6, 6.07) is 6.78. The number of benzene rings is 1. The average Bonchev–Trinajstić information content (AvgIpc) is 2.84. The van der Waals surface area contributed by atoms with Gasteiger partial charge in [0.05, 0.1) is 24.1 Å². The summed E-state index contributed by atoms with van der Waals surface area (Å²) in [4.78, 5) is 11.2. The van der Waals surface area contributed by atoms with Crippen LogP contribution in [0.3, 0.4) is 0 Å². The van der Waals surface area contributed by atoms with Gasteiger partial charge >= 0.3 is 5.97 Å². The van der Waals surface area contributed by atoms with Gasteiger partial charge in [0.25, 0.3) is 0 Å². The van der Waals surface area contributed by atoms with Crippen LogP contribution in [0.25, 0.3) is 0 Å². The summed E-state index contributed by atoms with van der Waals surface area (Å²) in [6.45, 7) is 0.602. The molecule has 0 saturated heterocycles. The quantitative estimate of drug-likeness (QED) is 0.840. The molecule has 1 aromatic carbocycles. The standard InChI is InChI=1S/C14H17N3O3/c1-17-8-6-10(16-17)5-7-15-13-9-11(20-2)3-4-12(13)14(18)19/h3-4,6,8-9,15H,5,7H2,1-2H3,(H,18,19). The molecule has 2 N–H and O–H groups in total. The fraction of sp³-hybridized carbons (Fsp3) is 0.286. The molecule has 2 aromatic rings. The van der Waals surface area contributed by atoms with Crippen molar-refractivity contribution in [1.29, 1.82) is 0 Å². The molecule has 20 heavy (non-hydrogen) atoms. The van der Waals surface area contributed by atoms with Gasteiger partial charge in [-0.15, -0.1) is 0 Å². The second-order valence-corrected chi connectivity index (χ2v) is 4.37. The number of hydrogen-bond donors (Lipinski definition) is 2. The molecule has 106 valence electrons. The van der Waals surface area contributed by atoms with E-state index in [4.69, 9.17) is 9.84 Å². The van der Waals surface area contributed by atoms with E-state index in [-0.39, 0.29) is 5.56 Å². The molecule has 0 amide bonds. The lowest BCUT2D eigenvalue weighted by molar-refractivity contribution is 0.0698. The number of hydrogen-bond acceptors (Lipinski definition) is 4. The summed E-state index contributed by atoms with van der Waals surface area (Å²) in [5.41, 5.74) is 1.74. The lowest BCUT2D eigenvalue weighted by Gasteiger charge is -2.10. The molecular formula is C14H17N3O3. The number of aromatic nitrogens is 2. The van der Waals surface area contributed by atoms with Crippen LogP contribution in [0.2, 0.25) is 0 Å². The molecule has 0 aliphatic heterocycles. The Morgan fingerprint density at radius 3 is 2.85 bits per heavy atom. The van der Waals surface area contributed by atoms with Gasteiger partial charge in [0.2, 0.25) is 0 Å². The molecule has 0 spiro atoms. The van der Waals surface area contributed by atoms with Crippen LogP contribution < -0.4 is 10.1 Å². The van der Waals surface area contributed by atoms with Gasteiger partial charge in [-0.25, -0.2) is 4.79 Å². The number of methoxy groups -OCH3 is 1. The number of carbonyl (C=O) groups is 1. The first-order valence-corrected chi connectivity index (χ1v) is 6.24. The highest BCUT2D eigenvalue weighted by Crippen LogP contribution is 2.22. The van der Waals surface area contributed by atoms with Gasteiger partial charge in [0.1, 0.15) is 5.75 Å². The van der Waals surface area contributed by atoms with Gasteiger partial charge in [-0.2, -0.15) is 5.10 Å². The third kappa shape index (κ3) is 3.28. The minimum Gasteiger partial charge on any atom is -0.497 e. The van der Waals surface area contributed by atoms with Gasteiger partial charge in [-0.1, -0.05) is 0 Å². The summed E-state index contributed by atoms with van der Waals surface area (Å²) >= 11 is 0. The first-order chi connectivity index (χ1) is 9.60. The number of carboxylic acid groups (broad SMARTS) is 1. The fourth-order valence-corrected chi connectivity index (χ4v) is 1.90. The number of anilines is 1. The molecule has 0 aliphatic rings. The van der Waals surface area contributed by atoms with Crippen molar-refractivity contribution in [1.82, 2.24) is 9.78 Å². The maximum absolute atomic E-state index is 11.2. The Balaban J connectivity index is 2.05. The van der Waals surface area contributed by atoms with Crippen LogP contribution in [-0.2, 0) is 13.5 Å². The van der Waals surface area contributed by atoms with Crippen LogP contribution in [0.4, 0.5) is 5.69 Å². The zero-order valence-electron chi connectivity index (χ0n) is 11.5.